The van der Waals surface area contributed by atoms with Gasteiger partial charge in [-0.15, -0.1) is 11.3 Å². The van der Waals surface area contributed by atoms with E-state index in [2.05, 4.69) is 36.6 Å². The highest BCUT2D eigenvalue weighted by molar-refractivity contribution is 7.17. The second-order valence-electron chi connectivity index (χ2n) is 5.83. The summed E-state index contributed by atoms with van der Waals surface area (Å²) in [7, 11) is 0. The van der Waals surface area contributed by atoms with Gasteiger partial charge in [0.1, 0.15) is 10.5 Å². The maximum absolute atomic E-state index is 12.0. The van der Waals surface area contributed by atoms with Gasteiger partial charge in [-0.05, 0) is 33.8 Å². The Kier molecular flexibility index (Phi) is 4.26. The Morgan fingerprint density at radius 3 is 2.61 bits per heavy atom. The summed E-state index contributed by atoms with van der Waals surface area (Å²) in [5.41, 5.74) is 2.19. The van der Waals surface area contributed by atoms with Crippen molar-refractivity contribution < 1.29 is 0 Å². The highest BCUT2D eigenvalue weighted by Crippen LogP contribution is 2.15. The van der Waals surface area contributed by atoms with Crippen molar-refractivity contribution in [3.05, 3.63) is 50.0 Å². The van der Waals surface area contributed by atoms with Crippen LogP contribution in [-0.2, 0) is 13.1 Å². The minimum atomic E-state index is -0.0175. The van der Waals surface area contributed by atoms with Gasteiger partial charge in [-0.25, -0.2) is 4.98 Å². The van der Waals surface area contributed by atoms with Crippen molar-refractivity contribution in [2.45, 2.75) is 13.1 Å². The number of nitrogens with one attached hydrogen (secondary N) is 1. The summed E-state index contributed by atoms with van der Waals surface area (Å²) < 4.78 is 0.717. The molecule has 1 N–H and O–H groups in total. The Hall–Kier alpha value is -1.54. The monoisotopic (exact) mass is 346 g/mol. The van der Waals surface area contributed by atoms with Crippen LogP contribution in [0.3, 0.4) is 0 Å². The predicted molar refractivity (Wildman–Crippen MR) is 95.1 cm³/mol. The minimum absolute atomic E-state index is 0.0175. The molecule has 3 aromatic heterocycles. The van der Waals surface area contributed by atoms with E-state index in [9.17, 15) is 4.79 Å². The fourth-order valence-corrected chi connectivity index (χ4v) is 4.34. The summed E-state index contributed by atoms with van der Waals surface area (Å²) in [6.07, 6.45) is 0. The summed E-state index contributed by atoms with van der Waals surface area (Å²) >= 11 is 3.20. The summed E-state index contributed by atoms with van der Waals surface area (Å²) in [6, 6.07) is 4.11. The Morgan fingerprint density at radius 2 is 1.87 bits per heavy atom. The van der Waals surface area contributed by atoms with Crippen LogP contribution in [-0.4, -0.2) is 45.9 Å². The lowest BCUT2D eigenvalue weighted by Gasteiger charge is -2.34. The molecule has 0 spiro atoms. The van der Waals surface area contributed by atoms with Crippen LogP contribution in [0.25, 0.3) is 10.2 Å². The van der Waals surface area contributed by atoms with E-state index in [0.717, 1.165) is 44.1 Å². The Bertz CT molecular complexity index is 831. The van der Waals surface area contributed by atoms with Crippen LogP contribution in [0.5, 0.6) is 0 Å². The van der Waals surface area contributed by atoms with Gasteiger partial charge in [-0.1, -0.05) is 0 Å². The molecule has 0 bridgehead atoms. The molecule has 1 aliphatic heterocycles. The SMILES string of the molecule is O=c1[nH]c(CN2CCN(Cc3ccsc3)CC2)nc2ccsc12. The van der Waals surface area contributed by atoms with Crippen LogP contribution in [0, 0.1) is 0 Å². The summed E-state index contributed by atoms with van der Waals surface area (Å²) in [5.74, 6) is 0.771. The van der Waals surface area contributed by atoms with Crippen molar-refractivity contribution in [3.8, 4) is 0 Å². The van der Waals surface area contributed by atoms with Gasteiger partial charge >= 0.3 is 0 Å². The fourth-order valence-electron chi connectivity index (χ4n) is 2.95. The van der Waals surface area contributed by atoms with E-state index in [1.54, 1.807) is 11.3 Å². The van der Waals surface area contributed by atoms with Crippen LogP contribution >= 0.6 is 22.7 Å². The lowest BCUT2D eigenvalue weighted by molar-refractivity contribution is 0.120. The topological polar surface area (TPSA) is 52.2 Å². The Morgan fingerprint density at radius 1 is 1.09 bits per heavy atom. The quantitative estimate of drug-likeness (QED) is 0.788. The molecule has 0 radical (unpaired) electrons. The van der Waals surface area contributed by atoms with Crippen molar-refractivity contribution in [2.75, 3.05) is 26.2 Å². The first-order chi connectivity index (χ1) is 11.3. The molecule has 7 heteroatoms. The van der Waals surface area contributed by atoms with E-state index >= 15 is 0 Å². The highest BCUT2D eigenvalue weighted by atomic mass is 32.1. The molecule has 4 heterocycles. The third-order valence-electron chi connectivity index (χ3n) is 4.19. The zero-order valence-electron chi connectivity index (χ0n) is 12.7. The third kappa shape index (κ3) is 3.37. The molecular formula is C16H18N4OS2. The first-order valence-corrected chi connectivity index (χ1v) is 9.52. The van der Waals surface area contributed by atoms with E-state index < -0.39 is 0 Å². The highest BCUT2D eigenvalue weighted by Gasteiger charge is 2.18. The van der Waals surface area contributed by atoms with Crippen LogP contribution in [0.2, 0.25) is 0 Å². The molecule has 0 aliphatic carbocycles. The number of hydrogen-bond acceptors (Lipinski definition) is 6. The van der Waals surface area contributed by atoms with Crippen LogP contribution < -0.4 is 5.56 Å². The zero-order chi connectivity index (χ0) is 15.6. The van der Waals surface area contributed by atoms with Crippen molar-refractivity contribution in [1.29, 1.82) is 0 Å². The van der Waals surface area contributed by atoms with Crippen LogP contribution in [0.1, 0.15) is 11.4 Å². The largest absolute Gasteiger partial charge is 0.308 e. The average molecular weight is 346 g/mol. The maximum atomic E-state index is 12.0. The predicted octanol–water partition coefficient (Wildman–Crippen LogP) is 2.36. The average Bonchev–Trinajstić information content (AvgIpc) is 3.21. The van der Waals surface area contributed by atoms with Gasteiger partial charge in [0, 0.05) is 32.7 Å². The van der Waals surface area contributed by atoms with Crippen molar-refractivity contribution >= 4 is 32.9 Å². The van der Waals surface area contributed by atoms with Gasteiger partial charge < -0.3 is 4.98 Å². The molecule has 5 nitrogen and oxygen atoms in total. The van der Waals surface area contributed by atoms with Gasteiger partial charge in [-0.2, -0.15) is 11.3 Å². The Balaban J connectivity index is 1.37. The second-order valence-corrected chi connectivity index (χ2v) is 7.53. The van der Waals surface area contributed by atoms with Gasteiger partial charge in [0.25, 0.3) is 5.56 Å². The lowest BCUT2D eigenvalue weighted by atomic mass is 10.2. The molecule has 0 atom stereocenters. The van der Waals surface area contributed by atoms with E-state index in [1.165, 1.54) is 16.9 Å². The van der Waals surface area contributed by atoms with E-state index in [4.69, 9.17) is 0 Å². The number of aromatic nitrogens is 2. The van der Waals surface area contributed by atoms with E-state index in [1.807, 2.05) is 11.4 Å². The molecule has 1 saturated heterocycles. The van der Waals surface area contributed by atoms with Gasteiger partial charge in [0.05, 0.1) is 12.1 Å². The number of fused-ring (bicyclic) bond motifs is 1. The molecule has 3 aromatic rings. The molecule has 23 heavy (non-hydrogen) atoms. The number of nitrogens with zero attached hydrogens (tertiary/aromatic N) is 3. The molecule has 4 rings (SSSR count). The number of thiophene rings is 2. The number of piperazine rings is 1. The van der Waals surface area contributed by atoms with Crippen LogP contribution in [0.15, 0.2) is 33.1 Å². The molecule has 0 amide bonds. The maximum Gasteiger partial charge on any atom is 0.268 e. The molecular weight excluding hydrogens is 328 g/mol. The number of H-pyrrole nitrogens is 1. The number of rotatable bonds is 4. The molecule has 1 fully saturated rings. The summed E-state index contributed by atoms with van der Waals surface area (Å²) in [6.45, 7) is 5.88. The third-order valence-corrected chi connectivity index (χ3v) is 5.82. The van der Waals surface area contributed by atoms with Crippen molar-refractivity contribution in [1.82, 2.24) is 19.8 Å². The Labute approximate surface area is 142 Å². The second kappa shape index (κ2) is 6.52. The van der Waals surface area contributed by atoms with Gasteiger partial charge in [0.2, 0.25) is 0 Å². The minimum Gasteiger partial charge on any atom is -0.308 e. The molecule has 0 saturated carbocycles. The zero-order valence-corrected chi connectivity index (χ0v) is 14.3. The number of aromatic amines is 1. The molecule has 120 valence electrons. The fraction of sp³-hybridized carbons (Fsp3) is 0.375. The standard InChI is InChI=1S/C16H18N4OS2/c21-16-15-13(2-8-23-15)17-14(18-16)10-20-5-3-19(4-6-20)9-12-1-7-22-11-12/h1-2,7-8,11H,3-6,9-10H2,(H,17,18,21). The number of hydrogen-bond donors (Lipinski definition) is 1. The van der Waals surface area contributed by atoms with Crippen LogP contribution in [0.4, 0.5) is 0 Å². The van der Waals surface area contributed by atoms with Crippen molar-refractivity contribution in [2.24, 2.45) is 0 Å². The lowest BCUT2D eigenvalue weighted by Crippen LogP contribution is -2.45. The van der Waals surface area contributed by atoms with E-state index in [-0.39, 0.29) is 5.56 Å². The van der Waals surface area contributed by atoms with Gasteiger partial charge in [-0.3, -0.25) is 14.6 Å². The normalized spacial score (nSPS) is 17.0. The van der Waals surface area contributed by atoms with Gasteiger partial charge in [0.15, 0.2) is 0 Å². The smallest absolute Gasteiger partial charge is 0.268 e. The van der Waals surface area contributed by atoms with E-state index in [0.29, 0.717) is 11.2 Å². The first-order valence-electron chi connectivity index (χ1n) is 7.70. The molecule has 0 unspecified atom stereocenters. The first kappa shape index (κ1) is 15.0. The molecule has 0 aromatic carbocycles. The van der Waals surface area contributed by atoms with Crippen molar-refractivity contribution in [3.63, 3.8) is 0 Å². The summed E-state index contributed by atoms with van der Waals surface area (Å²) in [4.78, 5) is 24.4. The summed E-state index contributed by atoms with van der Waals surface area (Å²) in [5, 5.41) is 6.27. The molecule has 1 aliphatic rings.